The van der Waals surface area contributed by atoms with Crippen molar-refractivity contribution in [3.8, 4) is 17.2 Å². The maximum Gasteiger partial charge on any atom is 0.337 e. The fourth-order valence-corrected chi connectivity index (χ4v) is 5.88. The van der Waals surface area contributed by atoms with Gasteiger partial charge < -0.3 is 38.5 Å². The molecular formula is C39H45N5O7. The molecule has 12 nitrogen and oxygen atoms in total. The van der Waals surface area contributed by atoms with E-state index in [1.54, 1.807) is 50.3 Å². The van der Waals surface area contributed by atoms with Crippen molar-refractivity contribution in [3.05, 3.63) is 112 Å². The quantitative estimate of drug-likeness (QED) is 0.114. The van der Waals surface area contributed by atoms with Crippen molar-refractivity contribution in [1.82, 2.24) is 14.5 Å². The molecule has 0 saturated heterocycles. The van der Waals surface area contributed by atoms with Crippen molar-refractivity contribution in [2.24, 2.45) is 0 Å². The number of aromatic nitrogens is 3. The molecule has 5 rings (SSSR count). The summed E-state index contributed by atoms with van der Waals surface area (Å²) in [6, 6.07) is 22.5. The maximum atomic E-state index is 14.3. The first-order valence-electron chi connectivity index (χ1n) is 16.7. The second-order valence-corrected chi connectivity index (χ2v) is 12.0. The predicted octanol–water partition coefficient (Wildman–Crippen LogP) is 6.09. The average Bonchev–Trinajstić information content (AvgIpc) is 3.16. The number of rotatable bonds is 17. The van der Waals surface area contributed by atoms with Crippen LogP contribution in [0, 0.1) is 0 Å². The highest BCUT2D eigenvalue weighted by Gasteiger charge is 2.21. The van der Waals surface area contributed by atoms with Gasteiger partial charge in [-0.25, -0.2) is 9.78 Å². The lowest BCUT2D eigenvalue weighted by molar-refractivity contribution is 0.0600. The Balaban J connectivity index is 1.61. The summed E-state index contributed by atoms with van der Waals surface area (Å²) in [7, 11) is 7.79. The van der Waals surface area contributed by atoms with Crippen LogP contribution in [0.4, 0.5) is 11.8 Å². The molecule has 0 amide bonds. The predicted molar refractivity (Wildman–Crippen MR) is 197 cm³/mol. The third kappa shape index (κ3) is 8.95. The lowest BCUT2D eigenvalue weighted by Gasteiger charge is -2.25. The minimum absolute atomic E-state index is 0.0957. The Morgan fingerprint density at radius 2 is 1.49 bits per heavy atom. The third-order valence-corrected chi connectivity index (χ3v) is 8.55. The van der Waals surface area contributed by atoms with E-state index < -0.39 is 5.97 Å². The van der Waals surface area contributed by atoms with E-state index in [9.17, 15) is 9.59 Å². The molecule has 12 heteroatoms. The lowest BCUT2D eigenvalue weighted by Crippen LogP contribution is -2.30. The van der Waals surface area contributed by atoms with Gasteiger partial charge in [-0.05, 0) is 60.0 Å². The number of hydrogen-bond donors (Lipinski definition) is 1. The molecule has 0 saturated carbocycles. The summed E-state index contributed by atoms with van der Waals surface area (Å²) in [5.74, 6) is 2.40. The molecule has 1 N–H and O–H groups in total. The summed E-state index contributed by atoms with van der Waals surface area (Å²) in [5.41, 5.74) is 3.36. The minimum atomic E-state index is -0.475. The van der Waals surface area contributed by atoms with Crippen molar-refractivity contribution >= 4 is 28.6 Å². The van der Waals surface area contributed by atoms with Gasteiger partial charge in [0.25, 0.3) is 5.56 Å². The summed E-state index contributed by atoms with van der Waals surface area (Å²) in [6.45, 7) is 3.72. The van der Waals surface area contributed by atoms with E-state index in [0.29, 0.717) is 59.2 Å². The van der Waals surface area contributed by atoms with Gasteiger partial charge in [-0.1, -0.05) is 43.7 Å². The number of pyridine rings is 1. The summed E-state index contributed by atoms with van der Waals surface area (Å²) in [4.78, 5) is 38.6. The fraction of sp³-hybridized carbons (Fsp3) is 0.333. The Bertz CT molecular complexity index is 1920. The highest BCUT2D eigenvalue weighted by molar-refractivity contribution is 5.90. The zero-order valence-electron chi connectivity index (χ0n) is 30.0. The Morgan fingerprint density at radius 1 is 0.843 bits per heavy atom. The van der Waals surface area contributed by atoms with Crippen LogP contribution >= 0.6 is 0 Å². The van der Waals surface area contributed by atoms with Crippen LogP contribution < -0.4 is 30.0 Å². The largest absolute Gasteiger partial charge is 0.497 e. The number of fused-ring (bicyclic) bond motifs is 1. The Hall–Kier alpha value is -5.62. The molecule has 3 aromatic carbocycles. The number of hydrogen-bond acceptors (Lipinski definition) is 11. The van der Waals surface area contributed by atoms with Gasteiger partial charge in [0.05, 0.1) is 58.7 Å². The number of carbonyl (C=O) groups excluding carboxylic acids is 1. The topological polar surface area (TPSA) is 126 Å². The van der Waals surface area contributed by atoms with E-state index >= 15 is 0 Å². The van der Waals surface area contributed by atoms with Crippen LogP contribution in [0.1, 0.15) is 46.8 Å². The van der Waals surface area contributed by atoms with Crippen LogP contribution in [0.3, 0.4) is 0 Å². The average molecular weight is 696 g/mol. The van der Waals surface area contributed by atoms with E-state index in [-0.39, 0.29) is 18.1 Å². The van der Waals surface area contributed by atoms with Crippen LogP contribution in [-0.4, -0.2) is 68.7 Å². The van der Waals surface area contributed by atoms with E-state index in [4.69, 9.17) is 33.7 Å². The lowest BCUT2D eigenvalue weighted by atomic mass is 10.1. The third-order valence-electron chi connectivity index (χ3n) is 8.55. The van der Waals surface area contributed by atoms with Gasteiger partial charge in [0.1, 0.15) is 28.5 Å². The molecule has 268 valence electrons. The maximum absolute atomic E-state index is 14.3. The number of ether oxygens (including phenoxy) is 5. The number of nitrogens with zero attached hydrogens (tertiary/aromatic N) is 4. The molecule has 2 heterocycles. The molecule has 51 heavy (non-hydrogen) atoms. The number of anilines is 2. The highest BCUT2D eigenvalue weighted by Crippen LogP contribution is 2.27. The van der Waals surface area contributed by atoms with E-state index in [0.717, 1.165) is 35.5 Å². The van der Waals surface area contributed by atoms with Crippen LogP contribution in [-0.2, 0) is 29.1 Å². The van der Waals surface area contributed by atoms with Crippen molar-refractivity contribution in [1.29, 1.82) is 0 Å². The van der Waals surface area contributed by atoms with Crippen LogP contribution in [0.5, 0.6) is 17.2 Å². The summed E-state index contributed by atoms with van der Waals surface area (Å²) in [5, 5.41) is 3.89. The van der Waals surface area contributed by atoms with E-state index in [1.165, 1.54) is 14.2 Å². The first-order valence-corrected chi connectivity index (χ1v) is 16.7. The van der Waals surface area contributed by atoms with E-state index in [1.807, 2.05) is 54.6 Å². The monoisotopic (exact) mass is 695 g/mol. The van der Waals surface area contributed by atoms with Gasteiger partial charge in [-0.15, -0.1) is 0 Å². The van der Waals surface area contributed by atoms with Crippen molar-refractivity contribution in [2.45, 2.75) is 45.4 Å². The van der Waals surface area contributed by atoms with Gasteiger partial charge in [-0.2, -0.15) is 4.98 Å². The Kier molecular flexibility index (Phi) is 12.5. The molecule has 1 atom stereocenters. The van der Waals surface area contributed by atoms with Crippen molar-refractivity contribution in [3.63, 3.8) is 0 Å². The molecule has 0 aliphatic carbocycles. The normalized spacial score (nSPS) is 11.6. The Labute approximate surface area is 297 Å². The SMILES string of the molecule is CCC[C@@H](COC)Nc1nc(N(Cc2ccc(OC)cc2)Cc2ccc(OC)cc2)nc2ccn(Cc3ccc(C(=O)OC)cc3OC)c(=O)c12. The number of nitrogens with one attached hydrogen (secondary N) is 1. The number of methoxy groups -OCH3 is 5. The van der Waals surface area contributed by atoms with Gasteiger partial charge in [0, 0.05) is 32.0 Å². The van der Waals surface area contributed by atoms with Crippen molar-refractivity contribution in [2.75, 3.05) is 52.4 Å². The van der Waals surface area contributed by atoms with E-state index in [2.05, 4.69) is 17.1 Å². The molecule has 0 bridgehead atoms. The minimum Gasteiger partial charge on any atom is -0.497 e. The number of esters is 1. The summed E-state index contributed by atoms with van der Waals surface area (Å²) in [6.07, 6.45) is 3.43. The van der Waals surface area contributed by atoms with Gasteiger partial charge in [0.15, 0.2) is 0 Å². The van der Waals surface area contributed by atoms with Gasteiger partial charge in [-0.3, -0.25) is 4.79 Å². The molecule has 0 aliphatic rings. The molecule has 0 aliphatic heterocycles. The zero-order valence-corrected chi connectivity index (χ0v) is 30.0. The molecule has 0 unspecified atom stereocenters. The molecule has 0 radical (unpaired) electrons. The molecule has 5 aromatic rings. The Morgan fingerprint density at radius 3 is 2.04 bits per heavy atom. The smallest absolute Gasteiger partial charge is 0.337 e. The standard InChI is InChI=1S/C39H45N5O7/c1-7-8-30(25-47-2)40-36-35-33(19-20-43(37(35)45)24-29-14-13-28(38(46)51-6)21-34(29)50-5)41-39(42-36)44(22-26-9-15-31(48-3)16-10-26)23-27-11-17-32(49-4)18-12-27/h9-21,30H,7-8,22-25H2,1-6H3,(H,40,41,42)/t30-/m0/s1. The van der Waals surface area contributed by atoms with Gasteiger partial charge in [0.2, 0.25) is 5.95 Å². The van der Waals surface area contributed by atoms with Gasteiger partial charge >= 0.3 is 5.97 Å². The molecule has 2 aromatic heterocycles. The second kappa shape index (κ2) is 17.3. The number of carbonyl (C=O) groups is 1. The molecule has 0 fully saturated rings. The molecule has 0 spiro atoms. The van der Waals surface area contributed by atoms with Crippen LogP contribution in [0.2, 0.25) is 0 Å². The summed E-state index contributed by atoms with van der Waals surface area (Å²) < 4.78 is 28.3. The first-order chi connectivity index (χ1) is 24.8. The van der Waals surface area contributed by atoms with Crippen molar-refractivity contribution < 1.29 is 28.5 Å². The van der Waals surface area contributed by atoms with Crippen LogP contribution in [0.25, 0.3) is 10.9 Å². The fourth-order valence-electron chi connectivity index (χ4n) is 5.88. The second-order valence-electron chi connectivity index (χ2n) is 12.0. The first kappa shape index (κ1) is 36.7. The zero-order chi connectivity index (χ0) is 36.3. The molecular weight excluding hydrogens is 650 g/mol. The van der Waals surface area contributed by atoms with Crippen LogP contribution in [0.15, 0.2) is 83.8 Å². The highest BCUT2D eigenvalue weighted by atomic mass is 16.5. The number of benzene rings is 3. The summed E-state index contributed by atoms with van der Waals surface area (Å²) >= 11 is 0.